The summed E-state index contributed by atoms with van der Waals surface area (Å²) in [6, 6.07) is 1.64. The Hall–Kier alpha value is -1.23. The van der Waals surface area contributed by atoms with Crippen LogP contribution < -0.4 is 5.32 Å². The van der Waals surface area contributed by atoms with Crippen molar-refractivity contribution in [3.63, 3.8) is 0 Å². The number of rotatable bonds is 4. The molecule has 0 bridgehead atoms. The molecule has 1 aliphatic rings. The minimum atomic E-state index is -0.506. The predicted molar refractivity (Wildman–Crippen MR) is 54.0 cm³/mol. The Bertz CT molecular complexity index is 328. The molecule has 1 N–H and O–H groups in total. The first-order valence-electron chi connectivity index (χ1n) is 5.13. The molecule has 1 aromatic heterocycles. The minimum Gasteiger partial charge on any atom is -0.378 e. The largest absolute Gasteiger partial charge is 0.378 e. The number of hydrogen-bond donors (Lipinski definition) is 1. The zero-order valence-electron chi connectivity index (χ0n) is 8.61. The van der Waals surface area contributed by atoms with Crippen LogP contribution in [0.1, 0.15) is 19.8 Å². The van der Waals surface area contributed by atoms with Gasteiger partial charge in [-0.2, -0.15) is 4.39 Å². The van der Waals surface area contributed by atoms with Crippen LogP contribution in [0.25, 0.3) is 0 Å². The van der Waals surface area contributed by atoms with E-state index >= 15 is 0 Å². The summed E-state index contributed by atoms with van der Waals surface area (Å²) in [6.07, 6.45) is 3.48. The summed E-state index contributed by atoms with van der Waals surface area (Å²) >= 11 is 0. The quantitative estimate of drug-likeness (QED) is 0.768. The van der Waals surface area contributed by atoms with Gasteiger partial charge in [-0.15, -0.1) is 0 Å². The van der Waals surface area contributed by atoms with Gasteiger partial charge in [0.1, 0.15) is 12.1 Å². The molecule has 0 radical (unpaired) electrons. The van der Waals surface area contributed by atoms with Crippen molar-refractivity contribution in [1.29, 1.82) is 0 Å². The van der Waals surface area contributed by atoms with Crippen molar-refractivity contribution in [3.05, 3.63) is 18.3 Å². The molecular weight excluding hydrogens is 197 g/mol. The lowest BCUT2D eigenvalue weighted by Crippen LogP contribution is -2.41. The summed E-state index contributed by atoms with van der Waals surface area (Å²) in [7, 11) is 0. The lowest BCUT2D eigenvalue weighted by molar-refractivity contribution is 0.00292. The number of ether oxygens (including phenoxy) is 1. The highest BCUT2D eigenvalue weighted by Gasteiger charge is 2.29. The Balaban J connectivity index is 1.80. The van der Waals surface area contributed by atoms with Crippen molar-refractivity contribution >= 4 is 5.82 Å². The topological polar surface area (TPSA) is 47.0 Å². The van der Waals surface area contributed by atoms with Gasteiger partial charge in [-0.05, 0) is 19.8 Å². The van der Waals surface area contributed by atoms with E-state index in [0.717, 1.165) is 19.4 Å². The molecule has 4 nitrogen and oxygen atoms in total. The highest BCUT2D eigenvalue weighted by atomic mass is 19.1. The minimum absolute atomic E-state index is 0.343. The van der Waals surface area contributed by atoms with E-state index in [9.17, 15) is 4.39 Å². The normalized spacial score (nSPS) is 24.7. The maximum atomic E-state index is 12.7. The van der Waals surface area contributed by atoms with Crippen molar-refractivity contribution in [2.45, 2.75) is 31.9 Å². The fraction of sp³-hybridized carbons (Fsp3) is 0.600. The van der Waals surface area contributed by atoms with E-state index in [-0.39, 0.29) is 0 Å². The Labute approximate surface area is 87.9 Å². The lowest BCUT2D eigenvalue weighted by atomic mass is 9.89. The van der Waals surface area contributed by atoms with E-state index in [2.05, 4.69) is 15.3 Å². The van der Waals surface area contributed by atoms with Gasteiger partial charge in [0, 0.05) is 18.7 Å². The van der Waals surface area contributed by atoms with Crippen LogP contribution in [0.3, 0.4) is 0 Å². The number of hydrogen-bond acceptors (Lipinski definition) is 4. The monoisotopic (exact) mass is 211 g/mol. The molecule has 5 heteroatoms. The van der Waals surface area contributed by atoms with Gasteiger partial charge in [-0.25, -0.2) is 9.97 Å². The van der Waals surface area contributed by atoms with Gasteiger partial charge in [-0.3, -0.25) is 0 Å². The van der Waals surface area contributed by atoms with Crippen molar-refractivity contribution in [3.8, 4) is 0 Å². The van der Waals surface area contributed by atoms with Gasteiger partial charge in [-0.1, -0.05) is 0 Å². The third-order valence-electron chi connectivity index (χ3n) is 2.48. The summed E-state index contributed by atoms with van der Waals surface area (Å²) in [5.74, 6) is 0.0376. The van der Waals surface area contributed by atoms with Crippen LogP contribution in [0.15, 0.2) is 12.4 Å². The van der Waals surface area contributed by atoms with E-state index in [1.165, 1.54) is 12.4 Å². The predicted octanol–water partition coefficient (Wildman–Crippen LogP) is 1.60. The van der Waals surface area contributed by atoms with Crippen molar-refractivity contribution in [2.24, 2.45) is 0 Å². The smallest absolute Gasteiger partial charge is 0.217 e. The van der Waals surface area contributed by atoms with Crippen LogP contribution in [0.2, 0.25) is 0 Å². The van der Waals surface area contributed by atoms with E-state index in [1.54, 1.807) is 0 Å². The van der Waals surface area contributed by atoms with Crippen LogP contribution in [-0.2, 0) is 4.74 Å². The summed E-state index contributed by atoms with van der Waals surface area (Å²) in [5.41, 5.74) is 0. The molecule has 1 aromatic rings. The number of halogens is 1. The Morgan fingerprint density at radius 3 is 3.00 bits per heavy atom. The summed E-state index contributed by atoms with van der Waals surface area (Å²) in [4.78, 5) is 7.32. The van der Waals surface area contributed by atoms with Gasteiger partial charge < -0.3 is 10.1 Å². The second-order valence-corrected chi connectivity index (χ2v) is 3.62. The van der Waals surface area contributed by atoms with E-state index in [1.807, 2.05) is 6.92 Å². The molecule has 82 valence electrons. The van der Waals surface area contributed by atoms with Crippen LogP contribution in [0, 0.1) is 5.95 Å². The van der Waals surface area contributed by atoms with Crippen LogP contribution in [-0.4, -0.2) is 28.7 Å². The molecule has 15 heavy (non-hydrogen) atoms. The Morgan fingerprint density at radius 2 is 2.33 bits per heavy atom. The standard InChI is InChI=1S/C10H14FN3O/c1-2-15-8-3-7(4-8)14-10-5-9(11)12-6-13-10/h5-8H,2-4H2,1H3,(H,12,13,14). The first-order chi connectivity index (χ1) is 7.28. The number of nitrogens with zero attached hydrogens (tertiary/aromatic N) is 2. The molecule has 1 heterocycles. The van der Waals surface area contributed by atoms with Gasteiger partial charge in [0.05, 0.1) is 6.10 Å². The SMILES string of the molecule is CCOC1CC(Nc2cc(F)ncn2)C1. The van der Waals surface area contributed by atoms with Gasteiger partial charge >= 0.3 is 0 Å². The summed E-state index contributed by atoms with van der Waals surface area (Å²) < 4.78 is 18.1. The molecule has 0 saturated heterocycles. The van der Waals surface area contributed by atoms with Crippen molar-refractivity contribution < 1.29 is 9.13 Å². The fourth-order valence-corrected chi connectivity index (χ4v) is 1.68. The maximum absolute atomic E-state index is 12.7. The molecule has 0 unspecified atom stereocenters. The lowest BCUT2D eigenvalue weighted by Gasteiger charge is -2.35. The molecule has 0 atom stereocenters. The first-order valence-corrected chi connectivity index (χ1v) is 5.13. The number of anilines is 1. The maximum Gasteiger partial charge on any atom is 0.217 e. The Kier molecular flexibility index (Phi) is 3.11. The average molecular weight is 211 g/mol. The molecule has 0 aliphatic heterocycles. The first kappa shape index (κ1) is 10.3. The molecule has 0 spiro atoms. The van der Waals surface area contributed by atoms with Gasteiger partial charge in [0.15, 0.2) is 0 Å². The molecule has 1 saturated carbocycles. The number of aromatic nitrogens is 2. The van der Waals surface area contributed by atoms with Crippen LogP contribution in [0.4, 0.5) is 10.2 Å². The van der Waals surface area contributed by atoms with Crippen LogP contribution in [0.5, 0.6) is 0 Å². The molecule has 1 aliphatic carbocycles. The molecule has 2 rings (SSSR count). The third-order valence-corrected chi connectivity index (χ3v) is 2.48. The van der Waals surface area contributed by atoms with Crippen molar-refractivity contribution in [1.82, 2.24) is 9.97 Å². The molecule has 1 fully saturated rings. The molecule has 0 amide bonds. The molecule has 0 aromatic carbocycles. The number of nitrogens with one attached hydrogen (secondary N) is 1. The van der Waals surface area contributed by atoms with E-state index in [0.29, 0.717) is 18.0 Å². The highest BCUT2D eigenvalue weighted by molar-refractivity contribution is 5.34. The molecular formula is C10H14FN3O. The van der Waals surface area contributed by atoms with Crippen molar-refractivity contribution in [2.75, 3.05) is 11.9 Å². The summed E-state index contributed by atoms with van der Waals surface area (Å²) in [6.45, 7) is 2.74. The Morgan fingerprint density at radius 1 is 1.53 bits per heavy atom. The van der Waals surface area contributed by atoms with E-state index in [4.69, 9.17) is 4.74 Å². The zero-order valence-corrected chi connectivity index (χ0v) is 8.61. The second kappa shape index (κ2) is 4.53. The van der Waals surface area contributed by atoms with E-state index < -0.39 is 5.95 Å². The van der Waals surface area contributed by atoms with Crippen LogP contribution >= 0.6 is 0 Å². The highest BCUT2D eigenvalue weighted by Crippen LogP contribution is 2.25. The average Bonchev–Trinajstić information content (AvgIpc) is 2.15. The fourth-order valence-electron chi connectivity index (χ4n) is 1.68. The van der Waals surface area contributed by atoms with Gasteiger partial charge in [0.25, 0.3) is 0 Å². The second-order valence-electron chi connectivity index (χ2n) is 3.62. The zero-order chi connectivity index (χ0) is 10.7. The van der Waals surface area contributed by atoms with Gasteiger partial charge in [0.2, 0.25) is 5.95 Å². The third kappa shape index (κ3) is 2.62. The summed E-state index contributed by atoms with van der Waals surface area (Å²) in [5, 5.41) is 3.14.